The monoisotopic (exact) mass is 161 g/mol. The van der Waals surface area contributed by atoms with Gasteiger partial charge in [0.25, 0.3) is 0 Å². The molecule has 0 unspecified atom stereocenters. The molecule has 0 aromatic rings. The number of hydrogen-bond donors (Lipinski definition) is 0. The summed E-state index contributed by atoms with van der Waals surface area (Å²) in [6.07, 6.45) is 2.36. The first-order chi connectivity index (χ1) is 4.62. The lowest BCUT2D eigenvalue weighted by atomic mass is 10.3. The van der Waals surface area contributed by atoms with E-state index in [1.807, 2.05) is 0 Å². The lowest BCUT2D eigenvalue weighted by Crippen LogP contribution is -2.00. The molecule has 1 radical (unpaired) electrons. The van der Waals surface area contributed by atoms with Crippen LogP contribution in [0.2, 0.25) is 0 Å². The predicted octanol–water partition coefficient (Wildman–Crippen LogP) is 1.55. The molecule has 10 heavy (non-hydrogen) atoms. The van der Waals surface area contributed by atoms with Gasteiger partial charge in [0.15, 0.2) is 9.84 Å². The molecule has 2 nitrogen and oxygen atoms in total. The van der Waals surface area contributed by atoms with Crippen molar-refractivity contribution in [2.75, 3.05) is 5.75 Å². The van der Waals surface area contributed by atoms with Crippen LogP contribution in [0.25, 0.3) is 0 Å². The first-order valence-corrected chi connectivity index (χ1v) is 4.98. The molecular formula is C7H13O2S. The van der Waals surface area contributed by atoms with E-state index in [-0.39, 0.29) is 5.75 Å². The summed E-state index contributed by atoms with van der Waals surface area (Å²) in [6.45, 7) is 6.82. The van der Waals surface area contributed by atoms with Crippen molar-refractivity contribution in [1.29, 1.82) is 0 Å². The molecule has 0 rings (SSSR count). The van der Waals surface area contributed by atoms with Gasteiger partial charge in [0.2, 0.25) is 0 Å². The molecule has 0 saturated carbocycles. The highest BCUT2D eigenvalue weighted by Gasteiger charge is 2.02. The van der Waals surface area contributed by atoms with E-state index in [0.717, 1.165) is 18.2 Å². The van der Waals surface area contributed by atoms with E-state index in [4.69, 9.17) is 0 Å². The lowest BCUT2D eigenvalue weighted by molar-refractivity contribution is 0.600. The Morgan fingerprint density at radius 3 is 2.30 bits per heavy atom. The Labute approximate surface area is 62.9 Å². The predicted molar refractivity (Wildman–Crippen MR) is 43.2 cm³/mol. The van der Waals surface area contributed by atoms with Crippen molar-refractivity contribution in [2.45, 2.75) is 19.3 Å². The summed E-state index contributed by atoms with van der Waals surface area (Å²) >= 11 is 0. The van der Waals surface area contributed by atoms with Crippen LogP contribution in [0.5, 0.6) is 0 Å². The quantitative estimate of drug-likeness (QED) is 0.573. The Hall–Kier alpha value is -0.310. The SMILES string of the molecule is [CH2]CCCCS(=O)(=O)C=C. The highest BCUT2D eigenvalue weighted by atomic mass is 32.2. The second-order valence-corrected chi connectivity index (χ2v) is 4.16. The summed E-state index contributed by atoms with van der Waals surface area (Å²) in [7, 11) is -2.96. The van der Waals surface area contributed by atoms with E-state index in [9.17, 15) is 8.42 Å². The molecule has 0 spiro atoms. The molecule has 0 aliphatic carbocycles. The van der Waals surface area contributed by atoms with Crippen LogP contribution in [0.3, 0.4) is 0 Å². The number of sulfone groups is 1. The van der Waals surface area contributed by atoms with Gasteiger partial charge in [0, 0.05) is 5.41 Å². The molecule has 0 aliphatic rings. The number of rotatable bonds is 5. The van der Waals surface area contributed by atoms with Gasteiger partial charge in [-0.05, 0) is 6.42 Å². The second-order valence-electron chi connectivity index (χ2n) is 2.09. The Balaban J connectivity index is 3.59. The number of hydrogen-bond acceptors (Lipinski definition) is 2. The summed E-state index contributed by atoms with van der Waals surface area (Å²) in [5.74, 6) is 0.214. The molecule has 59 valence electrons. The van der Waals surface area contributed by atoms with Crippen molar-refractivity contribution in [3.8, 4) is 0 Å². The van der Waals surface area contributed by atoms with Gasteiger partial charge in [-0.1, -0.05) is 26.3 Å². The van der Waals surface area contributed by atoms with Gasteiger partial charge in [-0.2, -0.15) is 0 Å². The molecule has 0 bridgehead atoms. The maximum absolute atomic E-state index is 10.7. The van der Waals surface area contributed by atoms with Gasteiger partial charge in [-0.15, -0.1) is 0 Å². The van der Waals surface area contributed by atoms with Crippen LogP contribution in [0.4, 0.5) is 0 Å². The zero-order valence-electron chi connectivity index (χ0n) is 6.04. The first kappa shape index (κ1) is 9.69. The Bertz CT molecular complexity index is 180. The van der Waals surface area contributed by atoms with Crippen molar-refractivity contribution in [3.05, 3.63) is 18.9 Å². The van der Waals surface area contributed by atoms with Gasteiger partial charge in [0.05, 0.1) is 5.75 Å². The van der Waals surface area contributed by atoms with Crippen LogP contribution in [-0.2, 0) is 9.84 Å². The zero-order chi connectivity index (χ0) is 8.04. The largest absolute Gasteiger partial charge is 0.224 e. The summed E-state index contributed by atoms with van der Waals surface area (Å²) in [4.78, 5) is 0. The fourth-order valence-corrected chi connectivity index (χ4v) is 1.34. The Morgan fingerprint density at radius 2 is 1.90 bits per heavy atom. The molecular weight excluding hydrogens is 148 g/mol. The van der Waals surface area contributed by atoms with E-state index < -0.39 is 9.84 Å². The minimum absolute atomic E-state index is 0.214. The lowest BCUT2D eigenvalue weighted by Gasteiger charge is -1.95. The summed E-state index contributed by atoms with van der Waals surface area (Å²) in [5.41, 5.74) is 0. The molecule has 0 aromatic heterocycles. The van der Waals surface area contributed by atoms with Crippen molar-refractivity contribution in [1.82, 2.24) is 0 Å². The third-order valence-corrected chi connectivity index (χ3v) is 2.55. The van der Waals surface area contributed by atoms with Crippen LogP contribution >= 0.6 is 0 Å². The molecule has 0 fully saturated rings. The molecule has 0 aliphatic heterocycles. The molecule has 0 aromatic carbocycles. The van der Waals surface area contributed by atoms with Crippen molar-refractivity contribution in [3.63, 3.8) is 0 Å². The Morgan fingerprint density at radius 1 is 1.30 bits per heavy atom. The van der Waals surface area contributed by atoms with Gasteiger partial charge in [0.1, 0.15) is 0 Å². The molecule has 0 saturated heterocycles. The maximum atomic E-state index is 10.7. The average Bonchev–Trinajstić information content (AvgIpc) is 1.89. The minimum Gasteiger partial charge on any atom is -0.224 e. The van der Waals surface area contributed by atoms with E-state index >= 15 is 0 Å². The van der Waals surface area contributed by atoms with Crippen LogP contribution in [0, 0.1) is 6.92 Å². The minimum atomic E-state index is -2.96. The van der Waals surface area contributed by atoms with Crippen molar-refractivity contribution < 1.29 is 8.42 Å². The molecule has 0 atom stereocenters. The van der Waals surface area contributed by atoms with Gasteiger partial charge >= 0.3 is 0 Å². The first-order valence-electron chi connectivity index (χ1n) is 3.27. The van der Waals surface area contributed by atoms with E-state index in [2.05, 4.69) is 13.5 Å². The van der Waals surface area contributed by atoms with Gasteiger partial charge in [-0.3, -0.25) is 0 Å². The molecule has 0 N–H and O–H groups in total. The summed E-state index contributed by atoms with van der Waals surface area (Å²) in [5, 5.41) is 1.01. The van der Waals surface area contributed by atoms with Crippen LogP contribution in [0.1, 0.15) is 19.3 Å². The second kappa shape index (κ2) is 4.50. The normalized spacial score (nSPS) is 11.3. The zero-order valence-corrected chi connectivity index (χ0v) is 6.86. The average molecular weight is 161 g/mol. The fourth-order valence-electron chi connectivity index (χ4n) is 0.563. The van der Waals surface area contributed by atoms with Crippen LogP contribution in [-0.4, -0.2) is 14.2 Å². The van der Waals surface area contributed by atoms with E-state index in [1.165, 1.54) is 0 Å². The maximum Gasteiger partial charge on any atom is 0.171 e. The van der Waals surface area contributed by atoms with Crippen LogP contribution in [0.15, 0.2) is 12.0 Å². The standard InChI is InChI=1S/C7H13O2S/c1-3-5-6-7-10(8,9)4-2/h4H,1-3,5-7H2. The third-order valence-electron chi connectivity index (χ3n) is 1.18. The molecule has 3 heteroatoms. The smallest absolute Gasteiger partial charge is 0.171 e. The fraction of sp³-hybridized carbons (Fsp3) is 0.571. The summed E-state index contributed by atoms with van der Waals surface area (Å²) in [6, 6.07) is 0. The van der Waals surface area contributed by atoms with Crippen LogP contribution < -0.4 is 0 Å². The van der Waals surface area contributed by atoms with Crippen molar-refractivity contribution in [2.24, 2.45) is 0 Å². The highest BCUT2D eigenvalue weighted by molar-refractivity contribution is 7.94. The summed E-state index contributed by atoms with van der Waals surface area (Å²) < 4.78 is 21.5. The highest BCUT2D eigenvalue weighted by Crippen LogP contribution is 1.99. The Kier molecular flexibility index (Phi) is 4.36. The van der Waals surface area contributed by atoms with Gasteiger partial charge < -0.3 is 0 Å². The molecule has 0 heterocycles. The third kappa shape index (κ3) is 4.56. The van der Waals surface area contributed by atoms with E-state index in [1.54, 1.807) is 0 Å². The van der Waals surface area contributed by atoms with Gasteiger partial charge in [-0.25, -0.2) is 8.42 Å². The topological polar surface area (TPSA) is 34.1 Å². The van der Waals surface area contributed by atoms with E-state index in [0.29, 0.717) is 6.42 Å². The van der Waals surface area contributed by atoms with Crippen molar-refractivity contribution >= 4 is 9.84 Å². The molecule has 0 amide bonds. The number of unbranched alkanes of at least 4 members (excludes halogenated alkanes) is 2.